The van der Waals surface area contributed by atoms with Crippen LogP contribution in [-0.4, -0.2) is 62.3 Å². The van der Waals surface area contributed by atoms with E-state index >= 15 is 0 Å². The summed E-state index contributed by atoms with van der Waals surface area (Å²) in [6, 6.07) is 15.7. The number of carbonyl (C=O) groups excluding carboxylic acids is 3. The molecule has 2 atom stereocenters. The summed E-state index contributed by atoms with van der Waals surface area (Å²) >= 11 is 0. The molecule has 0 radical (unpaired) electrons. The van der Waals surface area contributed by atoms with Crippen molar-refractivity contribution in [3.8, 4) is 0 Å². The number of nitrogens with one attached hydrogen (secondary N) is 3. The van der Waals surface area contributed by atoms with Crippen molar-refractivity contribution in [1.29, 1.82) is 0 Å². The van der Waals surface area contributed by atoms with Gasteiger partial charge < -0.3 is 35.1 Å². The third-order valence-electron chi connectivity index (χ3n) is 6.19. The number of ether oxygens (including phenoxy) is 2. The normalized spacial score (nSPS) is 13.0. The molecule has 1 heterocycles. The van der Waals surface area contributed by atoms with Crippen LogP contribution in [0.1, 0.15) is 57.6 Å². The molecule has 2 aromatic carbocycles. The second-order valence-electron chi connectivity index (χ2n) is 11.5. The van der Waals surface area contributed by atoms with Gasteiger partial charge in [0.1, 0.15) is 23.0 Å². The molecule has 2 unspecified atom stereocenters. The first-order valence-electron chi connectivity index (χ1n) is 13.7. The summed E-state index contributed by atoms with van der Waals surface area (Å²) in [5, 5.41) is 17.8. The average molecular weight is 594 g/mol. The van der Waals surface area contributed by atoms with Gasteiger partial charge in [0, 0.05) is 6.20 Å². The minimum absolute atomic E-state index is 0.0955. The maximum Gasteiger partial charge on any atom is 0.408 e. The Morgan fingerprint density at radius 3 is 2.14 bits per heavy atom. The summed E-state index contributed by atoms with van der Waals surface area (Å²) in [5.74, 6) is -1.94. The Kier molecular flexibility index (Phi) is 10.7. The van der Waals surface area contributed by atoms with Crippen LogP contribution < -0.4 is 16.0 Å². The number of carbonyl (C=O) groups is 4. The van der Waals surface area contributed by atoms with E-state index in [4.69, 9.17) is 9.47 Å². The minimum Gasteiger partial charge on any atom is -0.479 e. The van der Waals surface area contributed by atoms with Crippen LogP contribution in [0.4, 0.5) is 10.6 Å². The fourth-order valence-corrected chi connectivity index (χ4v) is 4.08. The fourth-order valence-electron chi connectivity index (χ4n) is 4.08. The molecule has 43 heavy (non-hydrogen) atoms. The van der Waals surface area contributed by atoms with Gasteiger partial charge in [0.05, 0.1) is 13.2 Å². The van der Waals surface area contributed by atoms with E-state index in [-0.39, 0.29) is 19.0 Å². The zero-order chi connectivity index (χ0) is 31.8. The predicted molar refractivity (Wildman–Crippen MR) is 159 cm³/mol. The number of imidazole rings is 1. The van der Waals surface area contributed by atoms with Gasteiger partial charge in [-0.15, -0.1) is 0 Å². The SMILES string of the molecule is Cc1nc(NC(=O)C(COCc2ccccc2)NC(=O)C(C)(C)NC(=O)OC(C)(C)C)cn1C(C(=O)O)c1ccccc1. The Hall–Kier alpha value is -4.71. The van der Waals surface area contributed by atoms with Crippen molar-refractivity contribution >= 4 is 29.7 Å². The van der Waals surface area contributed by atoms with Crippen molar-refractivity contribution in [2.75, 3.05) is 11.9 Å². The van der Waals surface area contributed by atoms with E-state index < -0.39 is 47.1 Å². The molecule has 0 spiro atoms. The lowest BCUT2D eigenvalue weighted by Gasteiger charge is -2.29. The first-order chi connectivity index (χ1) is 20.2. The molecule has 4 N–H and O–H groups in total. The summed E-state index contributed by atoms with van der Waals surface area (Å²) in [6.07, 6.45) is 0.637. The topological polar surface area (TPSA) is 161 Å². The van der Waals surface area contributed by atoms with Crippen LogP contribution in [0, 0.1) is 6.92 Å². The number of hydrogen-bond acceptors (Lipinski definition) is 7. The van der Waals surface area contributed by atoms with Crippen LogP contribution in [-0.2, 0) is 30.5 Å². The molecular weight excluding hydrogens is 554 g/mol. The standard InChI is InChI=1S/C31H39N5O7/c1-20-32-24(17-36(20)25(27(38)39)22-15-11-8-12-16-22)34-26(37)23(19-42-18-21-13-9-7-10-14-21)33-28(40)31(5,6)35-29(41)43-30(2,3)4/h7-17,23,25H,18-19H2,1-6H3,(H,33,40)(H,34,37)(H,35,41)(H,38,39). The first kappa shape index (κ1) is 32.8. The third-order valence-corrected chi connectivity index (χ3v) is 6.19. The highest BCUT2D eigenvalue weighted by Gasteiger charge is 2.35. The lowest BCUT2D eigenvalue weighted by Crippen LogP contribution is -2.59. The fraction of sp³-hybridized carbons (Fsp3) is 0.387. The molecule has 0 saturated heterocycles. The smallest absolute Gasteiger partial charge is 0.408 e. The van der Waals surface area contributed by atoms with E-state index in [0.29, 0.717) is 11.4 Å². The van der Waals surface area contributed by atoms with Crippen molar-refractivity contribution in [3.63, 3.8) is 0 Å². The van der Waals surface area contributed by atoms with E-state index in [2.05, 4.69) is 20.9 Å². The number of benzene rings is 2. The van der Waals surface area contributed by atoms with Gasteiger partial charge in [0.25, 0.3) is 5.91 Å². The van der Waals surface area contributed by atoms with Gasteiger partial charge in [0.2, 0.25) is 5.91 Å². The molecule has 0 fully saturated rings. The number of alkyl carbamates (subject to hydrolysis) is 1. The van der Waals surface area contributed by atoms with Crippen molar-refractivity contribution in [3.05, 3.63) is 83.8 Å². The summed E-state index contributed by atoms with van der Waals surface area (Å²) in [5.41, 5.74) is -0.808. The molecule has 12 nitrogen and oxygen atoms in total. The molecular formula is C31H39N5O7. The number of anilines is 1. The van der Waals surface area contributed by atoms with Gasteiger partial charge in [-0.2, -0.15) is 0 Å². The Labute approximate surface area is 250 Å². The summed E-state index contributed by atoms with van der Waals surface area (Å²) in [7, 11) is 0. The number of carboxylic acids is 1. The third kappa shape index (κ3) is 9.67. The van der Waals surface area contributed by atoms with Gasteiger partial charge >= 0.3 is 12.1 Å². The molecule has 3 amide bonds. The molecule has 3 aromatic rings. The number of rotatable bonds is 12. The Bertz CT molecular complexity index is 1420. The second-order valence-corrected chi connectivity index (χ2v) is 11.5. The zero-order valence-electron chi connectivity index (χ0n) is 25.2. The maximum atomic E-state index is 13.4. The number of amides is 3. The minimum atomic E-state index is -1.44. The van der Waals surface area contributed by atoms with E-state index in [1.54, 1.807) is 58.0 Å². The van der Waals surface area contributed by atoms with Crippen LogP contribution in [0.15, 0.2) is 66.9 Å². The monoisotopic (exact) mass is 593 g/mol. The number of aromatic nitrogens is 2. The number of aryl methyl sites for hydroxylation is 1. The number of hydrogen-bond donors (Lipinski definition) is 4. The highest BCUT2D eigenvalue weighted by Crippen LogP contribution is 2.23. The molecule has 0 saturated carbocycles. The second kappa shape index (κ2) is 14.0. The molecule has 3 rings (SSSR count). The van der Waals surface area contributed by atoms with Crippen LogP contribution in [0.3, 0.4) is 0 Å². The summed E-state index contributed by atoms with van der Waals surface area (Å²) in [6.45, 7) is 9.67. The predicted octanol–water partition coefficient (Wildman–Crippen LogP) is 3.81. The molecule has 12 heteroatoms. The molecule has 0 aliphatic heterocycles. The highest BCUT2D eigenvalue weighted by atomic mass is 16.6. The van der Waals surface area contributed by atoms with Gasteiger partial charge in [0.15, 0.2) is 11.9 Å². The molecule has 0 bridgehead atoms. The maximum absolute atomic E-state index is 13.4. The Morgan fingerprint density at radius 1 is 0.953 bits per heavy atom. The number of carboxylic acid groups (broad SMARTS) is 1. The summed E-state index contributed by atoms with van der Waals surface area (Å²) < 4.78 is 12.5. The Balaban J connectivity index is 1.78. The zero-order valence-corrected chi connectivity index (χ0v) is 25.2. The van der Waals surface area contributed by atoms with Crippen LogP contribution in [0.25, 0.3) is 0 Å². The number of aliphatic carboxylic acids is 1. The lowest BCUT2D eigenvalue weighted by atomic mass is 10.0. The van der Waals surface area contributed by atoms with Gasteiger partial charge in [-0.3, -0.25) is 9.59 Å². The van der Waals surface area contributed by atoms with Crippen molar-refractivity contribution in [2.45, 2.75) is 71.4 Å². The summed E-state index contributed by atoms with van der Waals surface area (Å²) in [4.78, 5) is 55.5. The molecule has 0 aliphatic rings. The molecule has 230 valence electrons. The quantitative estimate of drug-likeness (QED) is 0.247. The van der Waals surface area contributed by atoms with Crippen LogP contribution in [0.2, 0.25) is 0 Å². The van der Waals surface area contributed by atoms with Crippen LogP contribution >= 0.6 is 0 Å². The lowest BCUT2D eigenvalue weighted by molar-refractivity contribution is -0.139. The van der Waals surface area contributed by atoms with Crippen molar-refractivity contribution in [2.24, 2.45) is 0 Å². The molecule has 0 aliphatic carbocycles. The van der Waals surface area contributed by atoms with Crippen molar-refractivity contribution in [1.82, 2.24) is 20.2 Å². The average Bonchev–Trinajstić information content (AvgIpc) is 3.26. The van der Waals surface area contributed by atoms with Gasteiger partial charge in [-0.25, -0.2) is 14.6 Å². The first-order valence-corrected chi connectivity index (χ1v) is 13.7. The van der Waals surface area contributed by atoms with E-state index in [9.17, 15) is 24.3 Å². The number of nitrogens with zero attached hydrogens (tertiary/aromatic N) is 2. The van der Waals surface area contributed by atoms with Gasteiger partial charge in [-0.1, -0.05) is 60.7 Å². The van der Waals surface area contributed by atoms with Gasteiger partial charge in [-0.05, 0) is 52.7 Å². The molecule has 1 aromatic heterocycles. The largest absolute Gasteiger partial charge is 0.479 e. The van der Waals surface area contributed by atoms with E-state index in [1.165, 1.54) is 24.6 Å². The van der Waals surface area contributed by atoms with Crippen molar-refractivity contribution < 1.29 is 33.8 Å². The highest BCUT2D eigenvalue weighted by molar-refractivity contribution is 5.98. The Morgan fingerprint density at radius 2 is 1.56 bits per heavy atom. The van der Waals surface area contributed by atoms with E-state index in [1.807, 2.05) is 30.3 Å². The van der Waals surface area contributed by atoms with E-state index in [0.717, 1.165) is 5.56 Å². The van der Waals surface area contributed by atoms with Crippen LogP contribution in [0.5, 0.6) is 0 Å².